The van der Waals surface area contributed by atoms with Gasteiger partial charge in [-0.3, -0.25) is 4.90 Å². The van der Waals surface area contributed by atoms with Gasteiger partial charge >= 0.3 is 12.1 Å². The van der Waals surface area contributed by atoms with Crippen LogP contribution in [-0.4, -0.2) is 41.3 Å². The normalized spacial score (nSPS) is 20.5. The van der Waals surface area contributed by atoms with Crippen LogP contribution in [0.3, 0.4) is 0 Å². The fourth-order valence-electron chi connectivity index (χ4n) is 1.18. The summed E-state index contributed by atoms with van der Waals surface area (Å²) in [6, 6.07) is -0.685. The number of aliphatic carboxylic acids is 1. The molecule has 0 spiro atoms. The Kier molecular flexibility index (Phi) is 3.33. The lowest BCUT2D eigenvalue weighted by Crippen LogP contribution is -2.55. The number of carbonyl (C=O) groups excluding carboxylic acids is 1. The standard InChI is InChI=1S/C9H15NO4/c1-6(2)5-14-9(13)10-4-3-7(10)8(11)12/h6-7H,3-5H2,1-2H3,(H,11,12)/t7-/m0/s1. The first-order valence-electron chi connectivity index (χ1n) is 4.68. The Bertz CT molecular complexity index is 239. The molecule has 0 aromatic heterocycles. The molecule has 0 bridgehead atoms. The van der Waals surface area contributed by atoms with Crippen LogP contribution in [0.4, 0.5) is 4.79 Å². The number of rotatable bonds is 3. The van der Waals surface area contributed by atoms with Crippen molar-refractivity contribution < 1.29 is 19.4 Å². The molecule has 1 atom stereocenters. The molecule has 0 saturated carbocycles. The third-order valence-corrected chi connectivity index (χ3v) is 2.08. The van der Waals surface area contributed by atoms with Gasteiger partial charge in [0.15, 0.2) is 0 Å². The van der Waals surface area contributed by atoms with Crippen molar-refractivity contribution in [2.75, 3.05) is 13.2 Å². The van der Waals surface area contributed by atoms with Crippen LogP contribution < -0.4 is 0 Å². The number of hydrogen-bond acceptors (Lipinski definition) is 3. The molecule has 0 radical (unpaired) electrons. The van der Waals surface area contributed by atoms with Crippen molar-refractivity contribution in [1.29, 1.82) is 0 Å². The van der Waals surface area contributed by atoms with Crippen molar-refractivity contribution in [2.24, 2.45) is 5.92 Å². The van der Waals surface area contributed by atoms with Gasteiger partial charge in [-0.1, -0.05) is 13.8 Å². The molecule has 1 N–H and O–H groups in total. The Labute approximate surface area is 82.6 Å². The maximum absolute atomic E-state index is 11.3. The molecular weight excluding hydrogens is 186 g/mol. The lowest BCUT2D eigenvalue weighted by molar-refractivity contribution is -0.146. The summed E-state index contributed by atoms with van der Waals surface area (Å²) in [5.41, 5.74) is 0. The first-order chi connectivity index (χ1) is 6.52. The summed E-state index contributed by atoms with van der Waals surface area (Å²) in [6.07, 6.45) is 0.00361. The molecule has 1 rings (SSSR count). The summed E-state index contributed by atoms with van der Waals surface area (Å²) >= 11 is 0. The van der Waals surface area contributed by atoms with Crippen LogP contribution in [0.15, 0.2) is 0 Å². The third-order valence-electron chi connectivity index (χ3n) is 2.08. The van der Waals surface area contributed by atoms with Crippen LogP contribution in [0.5, 0.6) is 0 Å². The summed E-state index contributed by atoms with van der Waals surface area (Å²) < 4.78 is 4.91. The third kappa shape index (κ3) is 2.37. The van der Waals surface area contributed by atoms with Crippen molar-refractivity contribution in [3.63, 3.8) is 0 Å². The van der Waals surface area contributed by atoms with E-state index in [0.29, 0.717) is 19.6 Å². The quantitative estimate of drug-likeness (QED) is 0.737. The molecule has 1 aliphatic rings. The predicted octanol–water partition coefficient (Wildman–Crippen LogP) is 0.938. The predicted molar refractivity (Wildman–Crippen MR) is 48.9 cm³/mol. The van der Waals surface area contributed by atoms with Crippen molar-refractivity contribution >= 4 is 12.1 Å². The largest absolute Gasteiger partial charge is 0.480 e. The van der Waals surface area contributed by atoms with Crippen LogP contribution in [0, 0.1) is 5.92 Å². The van der Waals surface area contributed by atoms with Gasteiger partial charge in [-0.15, -0.1) is 0 Å². The number of carboxylic acid groups (broad SMARTS) is 1. The molecule has 0 aliphatic carbocycles. The molecule has 0 aromatic carbocycles. The monoisotopic (exact) mass is 201 g/mol. The highest BCUT2D eigenvalue weighted by molar-refractivity contribution is 5.81. The zero-order valence-corrected chi connectivity index (χ0v) is 8.40. The Morgan fingerprint density at radius 3 is 2.57 bits per heavy atom. The Hall–Kier alpha value is -1.26. The maximum Gasteiger partial charge on any atom is 0.410 e. The van der Waals surface area contributed by atoms with Crippen molar-refractivity contribution in [3.8, 4) is 0 Å². The van der Waals surface area contributed by atoms with E-state index >= 15 is 0 Å². The van der Waals surface area contributed by atoms with Crippen LogP contribution >= 0.6 is 0 Å². The van der Waals surface area contributed by atoms with Gasteiger partial charge < -0.3 is 9.84 Å². The zero-order chi connectivity index (χ0) is 10.7. The number of nitrogens with zero attached hydrogens (tertiary/aromatic N) is 1. The lowest BCUT2D eigenvalue weighted by atomic mass is 10.1. The summed E-state index contributed by atoms with van der Waals surface area (Å²) in [4.78, 5) is 23.1. The molecule has 0 unspecified atom stereocenters. The first-order valence-corrected chi connectivity index (χ1v) is 4.68. The van der Waals surface area contributed by atoms with E-state index in [-0.39, 0.29) is 5.92 Å². The van der Waals surface area contributed by atoms with Gasteiger partial charge in [-0.2, -0.15) is 0 Å². The topological polar surface area (TPSA) is 66.8 Å². The second-order valence-corrected chi connectivity index (χ2v) is 3.81. The number of carboxylic acids is 1. The highest BCUT2D eigenvalue weighted by Crippen LogP contribution is 2.18. The molecule has 14 heavy (non-hydrogen) atoms. The Balaban J connectivity index is 2.35. The van der Waals surface area contributed by atoms with Gasteiger partial charge in [0.2, 0.25) is 0 Å². The van der Waals surface area contributed by atoms with Gasteiger partial charge in [0.1, 0.15) is 6.04 Å². The van der Waals surface area contributed by atoms with E-state index in [2.05, 4.69) is 0 Å². The molecule has 5 nitrogen and oxygen atoms in total. The summed E-state index contributed by atoms with van der Waals surface area (Å²) in [6.45, 7) is 4.67. The molecule has 1 fully saturated rings. The maximum atomic E-state index is 11.3. The van der Waals surface area contributed by atoms with Gasteiger partial charge in [0, 0.05) is 6.54 Å². The average molecular weight is 201 g/mol. The second kappa shape index (κ2) is 4.30. The minimum atomic E-state index is -0.960. The fraction of sp³-hybridized carbons (Fsp3) is 0.778. The minimum Gasteiger partial charge on any atom is -0.480 e. The number of hydrogen-bond donors (Lipinski definition) is 1. The van der Waals surface area contributed by atoms with Gasteiger partial charge in [-0.25, -0.2) is 9.59 Å². The molecule has 1 heterocycles. The van der Waals surface area contributed by atoms with Gasteiger partial charge in [-0.05, 0) is 12.3 Å². The number of ether oxygens (including phenoxy) is 1. The fourth-order valence-corrected chi connectivity index (χ4v) is 1.18. The number of carbonyl (C=O) groups is 2. The van der Waals surface area contributed by atoms with Crippen molar-refractivity contribution in [3.05, 3.63) is 0 Å². The summed E-state index contributed by atoms with van der Waals surface area (Å²) in [5.74, 6) is -0.693. The average Bonchev–Trinajstić information content (AvgIpc) is 1.97. The number of amides is 1. The molecule has 0 aromatic rings. The van der Waals surface area contributed by atoms with Gasteiger partial charge in [0.05, 0.1) is 6.61 Å². The van der Waals surface area contributed by atoms with E-state index in [0.717, 1.165) is 0 Å². The Morgan fingerprint density at radius 1 is 1.57 bits per heavy atom. The van der Waals surface area contributed by atoms with Crippen LogP contribution in [0.2, 0.25) is 0 Å². The Morgan fingerprint density at radius 2 is 2.21 bits per heavy atom. The SMILES string of the molecule is CC(C)COC(=O)N1CC[C@H]1C(=O)O. The molecule has 1 saturated heterocycles. The van der Waals surface area contributed by atoms with Crippen molar-refractivity contribution in [1.82, 2.24) is 4.90 Å². The number of likely N-dealkylation sites (tertiary alicyclic amines) is 1. The van der Waals surface area contributed by atoms with Crippen LogP contribution in [-0.2, 0) is 9.53 Å². The molecular formula is C9H15NO4. The van der Waals surface area contributed by atoms with Crippen LogP contribution in [0.25, 0.3) is 0 Å². The second-order valence-electron chi connectivity index (χ2n) is 3.81. The van der Waals surface area contributed by atoms with E-state index in [1.807, 2.05) is 13.8 Å². The lowest BCUT2D eigenvalue weighted by Gasteiger charge is -2.36. The highest BCUT2D eigenvalue weighted by atomic mass is 16.6. The summed E-state index contributed by atoms with van der Waals surface area (Å²) in [5, 5.41) is 8.68. The molecule has 5 heteroatoms. The molecule has 1 aliphatic heterocycles. The van der Waals surface area contributed by atoms with E-state index in [9.17, 15) is 9.59 Å². The first kappa shape index (κ1) is 10.8. The van der Waals surface area contributed by atoms with E-state index in [4.69, 9.17) is 9.84 Å². The minimum absolute atomic E-state index is 0.267. The van der Waals surface area contributed by atoms with E-state index in [1.54, 1.807) is 0 Å². The zero-order valence-electron chi connectivity index (χ0n) is 8.40. The smallest absolute Gasteiger partial charge is 0.410 e. The van der Waals surface area contributed by atoms with Crippen LogP contribution in [0.1, 0.15) is 20.3 Å². The molecule has 80 valence electrons. The summed E-state index contributed by atoms with van der Waals surface area (Å²) in [7, 11) is 0. The van der Waals surface area contributed by atoms with Gasteiger partial charge in [0.25, 0.3) is 0 Å². The highest BCUT2D eigenvalue weighted by Gasteiger charge is 2.38. The van der Waals surface area contributed by atoms with Crippen molar-refractivity contribution in [2.45, 2.75) is 26.3 Å². The van der Waals surface area contributed by atoms with E-state index in [1.165, 1.54) is 4.90 Å². The molecule has 1 amide bonds. The van der Waals surface area contributed by atoms with E-state index < -0.39 is 18.1 Å².